The number of aliphatic imine (C=N–C) groups is 1. The summed E-state index contributed by atoms with van der Waals surface area (Å²) in [6, 6.07) is 0.353. The van der Waals surface area contributed by atoms with Crippen LogP contribution in [0.25, 0.3) is 0 Å². The standard InChI is InChI=1S/C9H18N2/c1-7(2)9(10)5-6-11-8(3)4/h5-8H,10H2,1-4H3. The topological polar surface area (TPSA) is 38.4 Å². The van der Waals surface area contributed by atoms with Gasteiger partial charge in [0, 0.05) is 18.0 Å². The van der Waals surface area contributed by atoms with Gasteiger partial charge in [-0.3, -0.25) is 4.99 Å². The van der Waals surface area contributed by atoms with Crippen molar-refractivity contribution < 1.29 is 0 Å². The smallest absolute Gasteiger partial charge is 0.0443 e. The SMILES string of the molecule is CC(C)N=CC=C(N)C(C)C. The van der Waals surface area contributed by atoms with Crippen molar-refractivity contribution in [3.8, 4) is 0 Å². The Kier molecular flexibility index (Phi) is 4.59. The van der Waals surface area contributed by atoms with Crippen LogP contribution in [0.3, 0.4) is 0 Å². The second-order valence-corrected chi connectivity index (χ2v) is 3.21. The lowest BCUT2D eigenvalue weighted by molar-refractivity contribution is 0.758. The zero-order valence-corrected chi connectivity index (χ0v) is 7.83. The highest BCUT2D eigenvalue weighted by molar-refractivity contribution is 5.72. The van der Waals surface area contributed by atoms with Crippen LogP contribution in [0.5, 0.6) is 0 Å². The van der Waals surface area contributed by atoms with E-state index in [-0.39, 0.29) is 0 Å². The minimum atomic E-state index is 0.353. The highest BCUT2D eigenvalue weighted by atomic mass is 14.7. The van der Waals surface area contributed by atoms with Crippen LogP contribution in [0.2, 0.25) is 0 Å². The Morgan fingerprint density at radius 1 is 1.27 bits per heavy atom. The number of rotatable bonds is 3. The van der Waals surface area contributed by atoms with Gasteiger partial charge >= 0.3 is 0 Å². The molecule has 0 heterocycles. The van der Waals surface area contributed by atoms with Gasteiger partial charge in [0.05, 0.1) is 0 Å². The Bertz CT molecular complexity index is 155. The van der Waals surface area contributed by atoms with Crippen LogP contribution in [0.4, 0.5) is 0 Å². The Morgan fingerprint density at radius 2 is 1.82 bits per heavy atom. The maximum absolute atomic E-state index is 5.67. The van der Waals surface area contributed by atoms with Crippen molar-refractivity contribution in [3.63, 3.8) is 0 Å². The average molecular weight is 154 g/mol. The van der Waals surface area contributed by atoms with E-state index in [9.17, 15) is 0 Å². The van der Waals surface area contributed by atoms with E-state index >= 15 is 0 Å². The van der Waals surface area contributed by atoms with Gasteiger partial charge in [-0.1, -0.05) is 13.8 Å². The number of hydrogen-bond donors (Lipinski definition) is 1. The van der Waals surface area contributed by atoms with Gasteiger partial charge in [-0.05, 0) is 25.8 Å². The molecule has 64 valence electrons. The molecular weight excluding hydrogens is 136 g/mol. The van der Waals surface area contributed by atoms with Gasteiger partial charge < -0.3 is 5.73 Å². The lowest BCUT2D eigenvalue weighted by atomic mass is 10.1. The van der Waals surface area contributed by atoms with Crippen LogP contribution in [0, 0.1) is 5.92 Å². The second-order valence-electron chi connectivity index (χ2n) is 3.21. The first-order valence-electron chi connectivity index (χ1n) is 4.03. The van der Waals surface area contributed by atoms with E-state index in [4.69, 9.17) is 5.73 Å². The lowest BCUT2D eigenvalue weighted by Gasteiger charge is -2.01. The summed E-state index contributed by atoms with van der Waals surface area (Å²) in [5.41, 5.74) is 6.56. The van der Waals surface area contributed by atoms with Gasteiger partial charge in [0.25, 0.3) is 0 Å². The first-order valence-corrected chi connectivity index (χ1v) is 4.03. The zero-order chi connectivity index (χ0) is 8.85. The molecule has 0 bridgehead atoms. The monoisotopic (exact) mass is 154 g/mol. The number of nitrogens with zero attached hydrogens (tertiary/aromatic N) is 1. The molecule has 0 aliphatic carbocycles. The molecular formula is C9H18N2. The van der Waals surface area contributed by atoms with Crippen LogP contribution in [0.15, 0.2) is 16.8 Å². The van der Waals surface area contributed by atoms with Gasteiger partial charge in [0.2, 0.25) is 0 Å². The molecule has 0 saturated heterocycles. The minimum absolute atomic E-state index is 0.353. The van der Waals surface area contributed by atoms with Crippen LogP contribution in [-0.2, 0) is 0 Å². The number of hydrogen-bond acceptors (Lipinski definition) is 2. The molecule has 2 heteroatoms. The molecule has 2 nitrogen and oxygen atoms in total. The Balaban J connectivity index is 3.91. The molecule has 0 atom stereocenters. The summed E-state index contributed by atoms with van der Waals surface area (Å²) in [4.78, 5) is 4.17. The number of nitrogens with two attached hydrogens (primary N) is 1. The third kappa shape index (κ3) is 5.64. The van der Waals surface area contributed by atoms with E-state index in [1.807, 2.05) is 19.9 Å². The van der Waals surface area contributed by atoms with E-state index in [1.54, 1.807) is 6.21 Å². The molecule has 0 aromatic rings. The maximum Gasteiger partial charge on any atom is 0.0443 e. The minimum Gasteiger partial charge on any atom is -0.402 e. The summed E-state index contributed by atoms with van der Waals surface area (Å²) < 4.78 is 0. The molecule has 0 fully saturated rings. The molecule has 0 unspecified atom stereocenters. The summed E-state index contributed by atoms with van der Waals surface area (Å²) >= 11 is 0. The number of allylic oxidation sites excluding steroid dienone is 2. The predicted molar refractivity (Wildman–Crippen MR) is 50.7 cm³/mol. The zero-order valence-electron chi connectivity index (χ0n) is 7.83. The van der Waals surface area contributed by atoms with Crippen molar-refractivity contribution in [1.29, 1.82) is 0 Å². The van der Waals surface area contributed by atoms with Crippen molar-refractivity contribution in [2.75, 3.05) is 0 Å². The third-order valence-corrected chi connectivity index (χ3v) is 1.32. The summed E-state index contributed by atoms with van der Waals surface area (Å²) in [7, 11) is 0. The molecule has 0 aromatic carbocycles. The van der Waals surface area contributed by atoms with Crippen LogP contribution < -0.4 is 5.73 Å². The van der Waals surface area contributed by atoms with Crippen molar-refractivity contribution in [1.82, 2.24) is 0 Å². The van der Waals surface area contributed by atoms with Crippen LogP contribution in [0.1, 0.15) is 27.7 Å². The Labute approximate surface area is 69.2 Å². The largest absolute Gasteiger partial charge is 0.402 e. The molecule has 0 amide bonds. The molecule has 0 rings (SSSR count). The van der Waals surface area contributed by atoms with Crippen molar-refractivity contribution in [2.24, 2.45) is 16.6 Å². The quantitative estimate of drug-likeness (QED) is 0.620. The molecule has 0 radical (unpaired) electrons. The van der Waals surface area contributed by atoms with Gasteiger partial charge in [-0.2, -0.15) is 0 Å². The molecule has 11 heavy (non-hydrogen) atoms. The fourth-order valence-corrected chi connectivity index (χ4v) is 0.494. The first kappa shape index (κ1) is 10.2. The fraction of sp³-hybridized carbons (Fsp3) is 0.667. The van der Waals surface area contributed by atoms with Crippen molar-refractivity contribution in [2.45, 2.75) is 33.7 Å². The molecule has 0 aromatic heterocycles. The van der Waals surface area contributed by atoms with E-state index in [0.29, 0.717) is 12.0 Å². The van der Waals surface area contributed by atoms with Gasteiger partial charge in [-0.25, -0.2) is 0 Å². The van der Waals surface area contributed by atoms with E-state index < -0.39 is 0 Å². The molecule has 0 aliphatic rings. The highest BCUT2D eigenvalue weighted by Gasteiger charge is 1.93. The Hall–Kier alpha value is -0.790. The maximum atomic E-state index is 5.67. The highest BCUT2D eigenvalue weighted by Crippen LogP contribution is 1.99. The molecule has 2 N–H and O–H groups in total. The van der Waals surface area contributed by atoms with Gasteiger partial charge in [0.1, 0.15) is 0 Å². The first-order chi connectivity index (χ1) is 5.04. The van der Waals surface area contributed by atoms with Crippen LogP contribution in [-0.4, -0.2) is 12.3 Å². The van der Waals surface area contributed by atoms with E-state index in [1.165, 1.54) is 0 Å². The van der Waals surface area contributed by atoms with E-state index in [2.05, 4.69) is 18.8 Å². The summed E-state index contributed by atoms with van der Waals surface area (Å²) in [6.07, 6.45) is 3.64. The van der Waals surface area contributed by atoms with Crippen LogP contribution >= 0.6 is 0 Å². The average Bonchev–Trinajstić information content (AvgIpc) is 1.86. The lowest BCUT2D eigenvalue weighted by Crippen LogP contribution is -2.05. The normalized spacial score (nSPS) is 13.8. The van der Waals surface area contributed by atoms with Crippen molar-refractivity contribution >= 4 is 6.21 Å². The van der Waals surface area contributed by atoms with Crippen molar-refractivity contribution in [3.05, 3.63) is 11.8 Å². The molecule has 0 aliphatic heterocycles. The van der Waals surface area contributed by atoms with Gasteiger partial charge in [0.15, 0.2) is 0 Å². The summed E-state index contributed by atoms with van der Waals surface area (Å²) in [6.45, 7) is 8.20. The predicted octanol–water partition coefficient (Wildman–Crippen LogP) is 1.96. The van der Waals surface area contributed by atoms with E-state index in [0.717, 1.165) is 5.70 Å². The second kappa shape index (κ2) is 4.94. The van der Waals surface area contributed by atoms with Gasteiger partial charge in [-0.15, -0.1) is 0 Å². The molecule has 0 spiro atoms. The third-order valence-electron chi connectivity index (χ3n) is 1.32. The summed E-state index contributed by atoms with van der Waals surface area (Å²) in [5, 5.41) is 0. The Morgan fingerprint density at radius 3 is 2.18 bits per heavy atom. The molecule has 0 saturated carbocycles. The fourth-order valence-electron chi connectivity index (χ4n) is 0.494. The summed E-state index contributed by atoms with van der Waals surface area (Å²) in [5.74, 6) is 0.411.